The van der Waals surface area contributed by atoms with Crippen LogP contribution in [0.1, 0.15) is 30.6 Å². The number of benzene rings is 1. The van der Waals surface area contributed by atoms with Crippen molar-refractivity contribution in [3.63, 3.8) is 0 Å². The number of nitrogens with zero attached hydrogens (tertiary/aromatic N) is 3. The number of nitrogens with two attached hydrogens (primary N) is 1. The second kappa shape index (κ2) is 10.5. The molecule has 1 saturated heterocycles. The standard InChI is InChI=1S/C27H27F4N5O4S/c1-14(2)13-40-18-9-15(8-17(28)11-18)21-7-6-19(26(37)35-41(38,39)23-5-3-4-22(32)34-23)25(33-21)36-12-16-10-20(16)24(36)27(29,30)31/h3-9,11,14,16,20,24H,10,12-13H2,1-2H3,(H2,32,34)(H,35,37). The number of sulfonamides is 1. The fraction of sp³-hybridized carbons (Fsp3) is 0.370. The summed E-state index contributed by atoms with van der Waals surface area (Å²) in [6.45, 7) is 4.11. The van der Waals surface area contributed by atoms with Crippen LogP contribution in [0.2, 0.25) is 0 Å². The number of aromatic nitrogens is 2. The molecule has 5 rings (SSSR count). The first-order valence-corrected chi connectivity index (χ1v) is 14.3. The number of nitrogen functional groups attached to an aromatic ring is 1. The molecule has 3 heterocycles. The molecule has 1 aromatic carbocycles. The number of ether oxygens (including phenoxy) is 1. The van der Waals surface area contributed by atoms with Gasteiger partial charge in [-0.3, -0.25) is 4.79 Å². The molecule has 0 radical (unpaired) electrons. The fourth-order valence-corrected chi connectivity index (χ4v) is 5.92. The van der Waals surface area contributed by atoms with E-state index in [1.165, 1.54) is 36.4 Å². The fourth-order valence-electron chi connectivity index (χ4n) is 4.97. The van der Waals surface area contributed by atoms with Crippen LogP contribution >= 0.6 is 0 Å². The van der Waals surface area contributed by atoms with Gasteiger partial charge >= 0.3 is 6.18 Å². The van der Waals surface area contributed by atoms with E-state index in [0.717, 1.165) is 17.0 Å². The van der Waals surface area contributed by atoms with Crippen LogP contribution in [0, 0.1) is 23.6 Å². The quantitative estimate of drug-likeness (QED) is 0.368. The third-order valence-electron chi connectivity index (χ3n) is 6.87. The lowest BCUT2D eigenvalue weighted by atomic mass is 10.1. The molecule has 3 atom stereocenters. The third kappa shape index (κ3) is 6.06. The highest BCUT2D eigenvalue weighted by Crippen LogP contribution is 2.55. The van der Waals surface area contributed by atoms with Crippen LogP contribution in [-0.4, -0.2) is 49.7 Å². The molecule has 41 heavy (non-hydrogen) atoms. The Morgan fingerprint density at radius 1 is 1.17 bits per heavy atom. The normalized spacial score (nSPS) is 20.2. The minimum Gasteiger partial charge on any atom is -0.493 e. The van der Waals surface area contributed by atoms with Gasteiger partial charge in [-0.1, -0.05) is 19.9 Å². The Bertz CT molecular complexity index is 1600. The average molecular weight is 594 g/mol. The number of nitrogens with one attached hydrogen (secondary N) is 1. The number of carbonyl (C=O) groups is 1. The minimum absolute atomic E-state index is 0.0268. The topological polar surface area (TPSA) is 128 Å². The van der Waals surface area contributed by atoms with Crippen molar-refractivity contribution in [2.75, 3.05) is 23.8 Å². The highest BCUT2D eigenvalue weighted by atomic mass is 32.2. The number of hydrogen-bond donors (Lipinski definition) is 2. The number of amides is 1. The lowest BCUT2D eigenvalue weighted by Gasteiger charge is -2.31. The first kappa shape index (κ1) is 28.6. The van der Waals surface area contributed by atoms with Crippen molar-refractivity contribution in [1.82, 2.24) is 14.7 Å². The Morgan fingerprint density at radius 2 is 1.93 bits per heavy atom. The Labute approximate surface area is 233 Å². The van der Waals surface area contributed by atoms with E-state index in [0.29, 0.717) is 13.0 Å². The van der Waals surface area contributed by atoms with Gasteiger partial charge in [0.05, 0.1) is 17.9 Å². The summed E-state index contributed by atoms with van der Waals surface area (Å²) in [5, 5.41) is -0.541. The average Bonchev–Trinajstić information content (AvgIpc) is 3.53. The summed E-state index contributed by atoms with van der Waals surface area (Å²) in [6, 6.07) is 8.18. The Hall–Kier alpha value is -3.94. The van der Waals surface area contributed by atoms with Crippen LogP contribution in [-0.2, 0) is 10.0 Å². The Morgan fingerprint density at radius 3 is 2.61 bits per heavy atom. The van der Waals surface area contributed by atoms with Crippen molar-refractivity contribution >= 4 is 27.6 Å². The zero-order valence-corrected chi connectivity index (χ0v) is 22.8. The number of halogens is 4. The second-order valence-electron chi connectivity index (χ2n) is 10.6. The van der Waals surface area contributed by atoms with Gasteiger partial charge in [0.25, 0.3) is 15.9 Å². The summed E-state index contributed by atoms with van der Waals surface area (Å²) in [4.78, 5) is 22.3. The number of fused-ring (bicyclic) bond motifs is 1. The summed E-state index contributed by atoms with van der Waals surface area (Å²) in [5.41, 5.74) is 5.44. The second-order valence-corrected chi connectivity index (χ2v) is 12.2. The number of hydrogen-bond acceptors (Lipinski definition) is 8. The van der Waals surface area contributed by atoms with Gasteiger partial charge in [0.1, 0.15) is 29.2 Å². The zero-order valence-electron chi connectivity index (χ0n) is 22.0. The lowest BCUT2D eigenvalue weighted by molar-refractivity contribution is -0.150. The van der Waals surface area contributed by atoms with Gasteiger partial charge in [-0.25, -0.2) is 19.1 Å². The predicted molar refractivity (Wildman–Crippen MR) is 142 cm³/mol. The maximum atomic E-state index is 14.5. The van der Waals surface area contributed by atoms with Crippen LogP contribution in [0.15, 0.2) is 53.6 Å². The van der Waals surface area contributed by atoms with Gasteiger partial charge < -0.3 is 15.4 Å². The molecule has 2 fully saturated rings. The van der Waals surface area contributed by atoms with Crippen LogP contribution in [0.4, 0.5) is 29.2 Å². The number of pyridine rings is 2. The summed E-state index contributed by atoms with van der Waals surface area (Å²) in [6.07, 6.45) is -4.24. The molecule has 2 aliphatic rings. The van der Waals surface area contributed by atoms with E-state index < -0.39 is 50.5 Å². The maximum absolute atomic E-state index is 14.5. The molecular weight excluding hydrogens is 566 g/mol. The van der Waals surface area contributed by atoms with E-state index in [-0.39, 0.29) is 47.0 Å². The molecule has 9 nitrogen and oxygen atoms in total. The molecule has 3 unspecified atom stereocenters. The molecule has 3 N–H and O–H groups in total. The molecule has 1 saturated carbocycles. The van der Waals surface area contributed by atoms with Crippen molar-refractivity contribution in [3.8, 4) is 17.0 Å². The van der Waals surface area contributed by atoms with Gasteiger partial charge in [0.15, 0.2) is 5.03 Å². The molecular formula is C27H27F4N5O4S. The smallest absolute Gasteiger partial charge is 0.409 e. The molecule has 1 aliphatic heterocycles. The number of carbonyl (C=O) groups excluding carboxylic acids is 1. The maximum Gasteiger partial charge on any atom is 0.409 e. The van der Waals surface area contributed by atoms with Crippen LogP contribution in [0.25, 0.3) is 11.3 Å². The molecule has 0 bridgehead atoms. The number of alkyl halides is 3. The Kier molecular flexibility index (Phi) is 7.30. The molecule has 3 aromatic rings. The first-order valence-electron chi connectivity index (χ1n) is 12.8. The van der Waals surface area contributed by atoms with Crippen LogP contribution in [0.5, 0.6) is 5.75 Å². The summed E-state index contributed by atoms with van der Waals surface area (Å²) < 4.78 is 90.1. The molecule has 2 aromatic heterocycles. The SMILES string of the molecule is CC(C)COc1cc(F)cc(-c2ccc(C(=O)NS(=O)(=O)c3cccc(N)n3)c(N3CC4CC4C3C(F)(F)F)n2)c1. The number of rotatable bonds is 8. The first-order chi connectivity index (χ1) is 19.2. The summed E-state index contributed by atoms with van der Waals surface area (Å²) in [5.74, 6) is -2.87. The van der Waals surface area contributed by atoms with E-state index >= 15 is 0 Å². The third-order valence-corrected chi connectivity index (χ3v) is 8.11. The molecule has 14 heteroatoms. The van der Waals surface area contributed by atoms with Crippen molar-refractivity contribution in [3.05, 3.63) is 59.9 Å². The van der Waals surface area contributed by atoms with Crippen LogP contribution in [0.3, 0.4) is 0 Å². The molecule has 1 aliphatic carbocycles. The van der Waals surface area contributed by atoms with Gasteiger partial charge in [-0.05, 0) is 60.6 Å². The van der Waals surface area contributed by atoms with E-state index in [4.69, 9.17) is 10.5 Å². The number of anilines is 2. The van der Waals surface area contributed by atoms with Gasteiger partial charge in [0.2, 0.25) is 0 Å². The van der Waals surface area contributed by atoms with E-state index in [1.807, 2.05) is 18.6 Å². The van der Waals surface area contributed by atoms with E-state index in [9.17, 15) is 30.8 Å². The van der Waals surface area contributed by atoms with Gasteiger partial charge in [-0.15, -0.1) is 0 Å². The lowest BCUT2D eigenvalue weighted by Crippen LogP contribution is -2.46. The van der Waals surface area contributed by atoms with Crippen molar-refractivity contribution in [2.24, 2.45) is 17.8 Å². The molecule has 0 spiro atoms. The minimum atomic E-state index is -4.63. The zero-order chi connectivity index (χ0) is 29.7. The number of piperidine rings is 1. The Balaban J connectivity index is 1.56. The van der Waals surface area contributed by atoms with Gasteiger partial charge in [0, 0.05) is 18.2 Å². The molecule has 218 valence electrons. The van der Waals surface area contributed by atoms with Crippen molar-refractivity contribution in [1.29, 1.82) is 0 Å². The van der Waals surface area contributed by atoms with Crippen LogP contribution < -0.4 is 20.1 Å². The van der Waals surface area contributed by atoms with Crippen molar-refractivity contribution < 1.29 is 35.5 Å². The van der Waals surface area contributed by atoms with E-state index in [1.54, 1.807) is 0 Å². The largest absolute Gasteiger partial charge is 0.493 e. The van der Waals surface area contributed by atoms with E-state index in [2.05, 4.69) is 9.97 Å². The highest BCUT2D eigenvalue weighted by molar-refractivity contribution is 7.90. The van der Waals surface area contributed by atoms with Crippen molar-refractivity contribution in [2.45, 2.75) is 37.5 Å². The van der Waals surface area contributed by atoms with Gasteiger partial charge in [-0.2, -0.15) is 21.6 Å². The molecule has 1 amide bonds. The predicted octanol–water partition coefficient (Wildman–Crippen LogP) is 4.41. The summed E-state index contributed by atoms with van der Waals surface area (Å²) in [7, 11) is -4.53. The highest BCUT2D eigenvalue weighted by Gasteiger charge is 2.63. The monoisotopic (exact) mass is 593 g/mol. The summed E-state index contributed by atoms with van der Waals surface area (Å²) >= 11 is 0.